The molecule has 1 unspecified atom stereocenters. The molecule has 1 amide bonds. The van der Waals surface area contributed by atoms with Gasteiger partial charge in [-0.15, -0.1) is 0 Å². The van der Waals surface area contributed by atoms with Crippen molar-refractivity contribution < 1.29 is 19.1 Å². The fourth-order valence-electron chi connectivity index (χ4n) is 3.94. The summed E-state index contributed by atoms with van der Waals surface area (Å²) in [5.41, 5.74) is 0.494. The number of nitrogens with zero attached hydrogens (tertiary/aromatic N) is 2. The molecular formula is C22H30N4O4. The van der Waals surface area contributed by atoms with Crippen LogP contribution in [0.5, 0.6) is 0 Å². The Balaban J connectivity index is 1.68. The van der Waals surface area contributed by atoms with E-state index in [0.29, 0.717) is 25.9 Å². The van der Waals surface area contributed by atoms with Crippen molar-refractivity contribution in [3.05, 3.63) is 29.8 Å². The number of carbonyl (C=O) groups is 2. The lowest BCUT2D eigenvalue weighted by molar-refractivity contribution is -0.149. The number of carbonyl (C=O) groups excluding carboxylic acids is 2. The number of esters is 1. The fourth-order valence-corrected chi connectivity index (χ4v) is 3.94. The molecule has 1 aromatic carbocycles. The Hall–Kier alpha value is -2.79. The number of methoxy groups -OCH3 is 1. The van der Waals surface area contributed by atoms with Crippen LogP contribution >= 0.6 is 0 Å². The van der Waals surface area contributed by atoms with Crippen molar-refractivity contribution in [1.82, 2.24) is 10.2 Å². The van der Waals surface area contributed by atoms with E-state index in [1.54, 1.807) is 4.90 Å². The first-order chi connectivity index (χ1) is 14.2. The number of nitrogens with one attached hydrogen (secondary N) is 2. The lowest BCUT2D eigenvalue weighted by Gasteiger charge is -2.42. The molecule has 8 nitrogen and oxygen atoms in total. The van der Waals surface area contributed by atoms with Crippen LogP contribution < -0.4 is 10.6 Å². The van der Waals surface area contributed by atoms with E-state index in [1.807, 2.05) is 45.0 Å². The number of nitriles is 1. The molecule has 1 aliphatic carbocycles. The van der Waals surface area contributed by atoms with Crippen LogP contribution in [0.25, 0.3) is 0 Å². The molecule has 2 N–H and O–H groups in total. The lowest BCUT2D eigenvalue weighted by atomic mass is 9.69. The quantitative estimate of drug-likeness (QED) is 0.730. The summed E-state index contributed by atoms with van der Waals surface area (Å²) in [5.74, 6) is -0.512. The van der Waals surface area contributed by atoms with Crippen LogP contribution in [0.2, 0.25) is 0 Å². The highest BCUT2D eigenvalue weighted by Crippen LogP contribution is 2.41. The van der Waals surface area contributed by atoms with Gasteiger partial charge in [-0.3, -0.25) is 9.69 Å². The third-order valence-electron chi connectivity index (χ3n) is 5.49. The third kappa shape index (κ3) is 4.85. The SMILES string of the molecule is COC(=O)C1CC(C#N)(Nc2ccc(C3CNCCN3C(=O)OC(C)(C)C)cc2)C1. The van der Waals surface area contributed by atoms with Crippen molar-refractivity contribution in [2.75, 3.05) is 32.1 Å². The second-order valence-corrected chi connectivity index (χ2v) is 8.96. The molecule has 0 spiro atoms. The van der Waals surface area contributed by atoms with Gasteiger partial charge >= 0.3 is 12.1 Å². The Morgan fingerprint density at radius 3 is 2.50 bits per heavy atom. The monoisotopic (exact) mass is 414 g/mol. The predicted octanol–water partition coefficient (Wildman–Crippen LogP) is 2.83. The van der Waals surface area contributed by atoms with Gasteiger partial charge in [-0.05, 0) is 51.3 Å². The van der Waals surface area contributed by atoms with E-state index in [9.17, 15) is 14.9 Å². The van der Waals surface area contributed by atoms with Crippen molar-refractivity contribution in [2.45, 2.75) is 50.8 Å². The predicted molar refractivity (Wildman–Crippen MR) is 112 cm³/mol. The van der Waals surface area contributed by atoms with Gasteiger partial charge in [-0.25, -0.2) is 4.79 Å². The number of piperazine rings is 1. The highest BCUT2D eigenvalue weighted by molar-refractivity contribution is 5.75. The van der Waals surface area contributed by atoms with Gasteiger partial charge in [-0.1, -0.05) is 12.1 Å². The summed E-state index contributed by atoms with van der Waals surface area (Å²) in [4.78, 5) is 26.0. The molecule has 8 heteroatoms. The zero-order valence-electron chi connectivity index (χ0n) is 18.0. The molecule has 1 heterocycles. The van der Waals surface area contributed by atoms with Crippen LogP contribution in [0.1, 0.15) is 45.2 Å². The van der Waals surface area contributed by atoms with Crippen LogP contribution in [0.4, 0.5) is 10.5 Å². The summed E-state index contributed by atoms with van der Waals surface area (Å²) in [7, 11) is 1.36. The molecule has 1 saturated carbocycles. The van der Waals surface area contributed by atoms with E-state index in [0.717, 1.165) is 17.8 Å². The van der Waals surface area contributed by atoms with Crippen molar-refractivity contribution in [1.29, 1.82) is 5.26 Å². The number of rotatable bonds is 4. The molecule has 0 bridgehead atoms. The number of ether oxygens (including phenoxy) is 2. The maximum Gasteiger partial charge on any atom is 0.410 e. The average molecular weight is 415 g/mol. The Morgan fingerprint density at radius 1 is 1.27 bits per heavy atom. The van der Waals surface area contributed by atoms with Gasteiger partial charge in [0.15, 0.2) is 0 Å². The number of hydrogen-bond acceptors (Lipinski definition) is 7. The highest BCUT2D eigenvalue weighted by atomic mass is 16.6. The number of hydrogen-bond donors (Lipinski definition) is 2. The topological polar surface area (TPSA) is 104 Å². The van der Waals surface area contributed by atoms with Crippen LogP contribution in [0.3, 0.4) is 0 Å². The van der Waals surface area contributed by atoms with Gasteiger partial charge in [0.1, 0.15) is 11.1 Å². The van der Waals surface area contributed by atoms with E-state index in [4.69, 9.17) is 9.47 Å². The maximum atomic E-state index is 12.6. The number of benzene rings is 1. The summed E-state index contributed by atoms with van der Waals surface area (Å²) >= 11 is 0. The van der Waals surface area contributed by atoms with Crippen molar-refractivity contribution >= 4 is 17.7 Å². The zero-order chi connectivity index (χ0) is 21.9. The first kappa shape index (κ1) is 21.9. The smallest absolute Gasteiger partial charge is 0.410 e. The minimum Gasteiger partial charge on any atom is -0.469 e. The minimum absolute atomic E-state index is 0.125. The number of amides is 1. The molecular weight excluding hydrogens is 384 g/mol. The van der Waals surface area contributed by atoms with Gasteiger partial charge in [0.05, 0.1) is 25.1 Å². The van der Waals surface area contributed by atoms with Crippen LogP contribution in [-0.4, -0.2) is 54.8 Å². The summed E-state index contributed by atoms with van der Waals surface area (Å²) in [6.45, 7) is 7.53. The second kappa shape index (κ2) is 8.52. The van der Waals surface area contributed by atoms with Crippen LogP contribution in [0.15, 0.2) is 24.3 Å². The molecule has 30 heavy (non-hydrogen) atoms. The van der Waals surface area contributed by atoms with E-state index < -0.39 is 11.1 Å². The van der Waals surface area contributed by atoms with Gasteiger partial charge in [0, 0.05) is 25.3 Å². The molecule has 3 rings (SSSR count). The van der Waals surface area contributed by atoms with Crippen molar-refractivity contribution in [2.24, 2.45) is 5.92 Å². The molecule has 0 radical (unpaired) electrons. The van der Waals surface area contributed by atoms with E-state index in [1.165, 1.54) is 7.11 Å². The normalized spacial score (nSPS) is 26.2. The molecule has 2 fully saturated rings. The van der Waals surface area contributed by atoms with Crippen molar-refractivity contribution in [3.8, 4) is 6.07 Å². The van der Waals surface area contributed by atoms with E-state index >= 15 is 0 Å². The molecule has 0 aromatic heterocycles. The highest BCUT2D eigenvalue weighted by Gasteiger charge is 2.48. The van der Waals surface area contributed by atoms with Gasteiger partial charge < -0.3 is 20.1 Å². The Labute approximate surface area is 177 Å². The van der Waals surface area contributed by atoms with E-state index in [2.05, 4.69) is 16.7 Å². The summed E-state index contributed by atoms with van der Waals surface area (Å²) < 4.78 is 10.3. The Kier molecular flexibility index (Phi) is 6.22. The molecule has 1 aromatic rings. The minimum atomic E-state index is -0.755. The zero-order valence-corrected chi connectivity index (χ0v) is 18.0. The summed E-state index contributed by atoms with van der Waals surface area (Å²) in [6.07, 6.45) is 0.538. The Morgan fingerprint density at radius 2 is 1.93 bits per heavy atom. The number of anilines is 1. The first-order valence-corrected chi connectivity index (χ1v) is 10.2. The largest absolute Gasteiger partial charge is 0.469 e. The molecule has 2 aliphatic rings. The standard InChI is InChI=1S/C22H30N4O4/c1-21(2,3)30-20(28)26-10-9-24-13-18(26)15-5-7-17(8-6-15)25-22(14-23)11-16(12-22)19(27)29-4/h5-8,16,18,24-25H,9-13H2,1-4H3. The van der Waals surface area contributed by atoms with Gasteiger partial charge in [-0.2, -0.15) is 5.26 Å². The van der Waals surface area contributed by atoms with Gasteiger partial charge in [0.2, 0.25) is 0 Å². The third-order valence-corrected chi connectivity index (χ3v) is 5.49. The van der Waals surface area contributed by atoms with Gasteiger partial charge in [0.25, 0.3) is 0 Å². The second-order valence-electron chi connectivity index (χ2n) is 8.96. The molecule has 1 aliphatic heterocycles. The maximum absolute atomic E-state index is 12.6. The van der Waals surface area contributed by atoms with E-state index in [-0.39, 0.29) is 24.0 Å². The van der Waals surface area contributed by atoms with Crippen molar-refractivity contribution in [3.63, 3.8) is 0 Å². The molecule has 1 atom stereocenters. The summed E-state index contributed by atoms with van der Waals surface area (Å²) in [5, 5.41) is 16.2. The van der Waals surface area contributed by atoms with Crippen LogP contribution in [-0.2, 0) is 14.3 Å². The Bertz CT molecular complexity index is 819. The summed E-state index contributed by atoms with van der Waals surface area (Å²) in [6, 6.07) is 9.89. The molecule has 1 saturated heterocycles. The average Bonchev–Trinajstić information content (AvgIpc) is 2.69. The fraction of sp³-hybridized carbons (Fsp3) is 0.591. The first-order valence-electron chi connectivity index (χ1n) is 10.2. The van der Waals surface area contributed by atoms with Crippen LogP contribution in [0, 0.1) is 17.2 Å². The lowest BCUT2D eigenvalue weighted by Crippen LogP contribution is -2.52. The molecule has 162 valence electrons.